The highest BCUT2D eigenvalue weighted by atomic mass is 79.9. The van der Waals surface area contributed by atoms with Crippen LogP contribution in [0.5, 0.6) is 0 Å². The number of imidazole rings is 1. The van der Waals surface area contributed by atoms with Gasteiger partial charge >= 0.3 is 0 Å². The van der Waals surface area contributed by atoms with Crippen molar-refractivity contribution in [1.29, 1.82) is 0 Å². The number of nitrogens with zero attached hydrogens (tertiary/aromatic N) is 2. The average molecular weight is 283 g/mol. The summed E-state index contributed by atoms with van der Waals surface area (Å²) in [6, 6.07) is 3.75. The summed E-state index contributed by atoms with van der Waals surface area (Å²) in [6.45, 7) is 0.783. The molecule has 0 saturated carbocycles. The first-order chi connectivity index (χ1) is 7.75. The van der Waals surface area contributed by atoms with E-state index in [0.717, 1.165) is 34.8 Å². The van der Waals surface area contributed by atoms with Crippen molar-refractivity contribution in [3.63, 3.8) is 0 Å². The van der Waals surface area contributed by atoms with Crippen LogP contribution in [0.1, 0.15) is 12.1 Å². The van der Waals surface area contributed by atoms with Crippen LogP contribution < -0.4 is 0 Å². The van der Waals surface area contributed by atoms with Crippen LogP contribution in [-0.4, -0.2) is 20.8 Å². The van der Waals surface area contributed by atoms with E-state index in [2.05, 4.69) is 25.5 Å². The maximum atomic E-state index is 9.63. The van der Waals surface area contributed by atoms with Crippen molar-refractivity contribution in [2.45, 2.75) is 25.5 Å². The Morgan fingerprint density at radius 1 is 1.56 bits per heavy atom. The molecule has 4 nitrogen and oxygen atoms in total. The highest BCUT2D eigenvalue weighted by Gasteiger charge is 2.24. The third-order valence-corrected chi connectivity index (χ3v) is 3.52. The van der Waals surface area contributed by atoms with Crippen LogP contribution in [-0.2, 0) is 13.0 Å². The largest absolute Gasteiger partial charge is 0.461 e. The third-order valence-electron chi connectivity index (χ3n) is 2.88. The van der Waals surface area contributed by atoms with Crippen LogP contribution in [0.4, 0.5) is 0 Å². The zero-order chi connectivity index (χ0) is 11.1. The van der Waals surface area contributed by atoms with E-state index in [4.69, 9.17) is 4.42 Å². The van der Waals surface area contributed by atoms with Crippen molar-refractivity contribution >= 4 is 15.9 Å². The molecular formula is C11H11BrN2O2. The highest BCUT2D eigenvalue weighted by molar-refractivity contribution is 9.10. The van der Waals surface area contributed by atoms with Gasteiger partial charge in [0.1, 0.15) is 4.60 Å². The first-order valence-electron chi connectivity index (χ1n) is 5.22. The summed E-state index contributed by atoms with van der Waals surface area (Å²) in [4.78, 5) is 4.44. The Morgan fingerprint density at radius 3 is 3.19 bits per heavy atom. The van der Waals surface area contributed by atoms with Gasteiger partial charge in [0.15, 0.2) is 11.6 Å². The second-order valence-electron chi connectivity index (χ2n) is 3.95. The zero-order valence-electron chi connectivity index (χ0n) is 8.56. The molecule has 1 unspecified atom stereocenters. The van der Waals surface area contributed by atoms with E-state index in [1.807, 2.05) is 12.1 Å². The van der Waals surface area contributed by atoms with Gasteiger partial charge < -0.3 is 14.1 Å². The number of aliphatic hydroxyl groups excluding tert-OH is 1. The number of fused-ring (bicyclic) bond motifs is 1. The SMILES string of the molecule is OC1CCn2c(-c3ccco3)nc(Br)c2C1. The smallest absolute Gasteiger partial charge is 0.177 e. The van der Waals surface area contributed by atoms with Crippen molar-refractivity contribution in [3.8, 4) is 11.6 Å². The van der Waals surface area contributed by atoms with Gasteiger partial charge in [-0.05, 0) is 34.5 Å². The molecule has 5 heteroatoms. The Kier molecular flexibility index (Phi) is 2.37. The third kappa shape index (κ3) is 1.51. The minimum atomic E-state index is -0.259. The van der Waals surface area contributed by atoms with Gasteiger partial charge in [-0.3, -0.25) is 0 Å². The van der Waals surface area contributed by atoms with Crippen molar-refractivity contribution in [2.75, 3.05) is 0 Å². The molecule has 16 heavy (non-hydrogen) atoms. The molecule has 0 bridgehead atoms. The fourth-order valence-corrected chi connectivity index (χ4v) is 2.63. The van der Waals surface area contributed by atoms with E-state index in [9.17, 15) is 5.11 Å². The quantitative estimate of drug-likeness (QED) is 0.873. The van der Waals surface area contributed by atoms with Crippen LogP contribution in [0.15, 0.2) is 27.4 Å². The summed E-state index contributed by atoms with van der Waals surface area (Å²) < 4.78 is 8.27. The molecular weight excluding hydrogens is 272 g/mol. The van der Waals surface area contributed by atoms with Crippen molar-refractivity contribution in [1.82, 2.24) is 9.55 Å². The lowest BCUT2D eigenvalue weighted by Gasteiger charge is -2.20. The van der Waals surface area contributed by atoms with E-state index < -0.39 is 0 Å². The second kappa shape index (κ2) is 3.75. The number of hydrogen-bond acceptors (Lipinski definition) is 3. The van der Waals surface area contributed by atoms with Gasteiger partial charge in [-0.1, -0.05) is 0 Å². The summed E-state index contributed by atoms with van der Waals surface area (Å²) in [5, 5.41) is 9.63. The monoisotopic (exact) mass is 282 g/mol. The van der Waals surface area contributed by atoms with Gasteiger partial charge in [0, 0.05) is 13.0 Å². The van der Waals surface area contributed by atoms with Gasteiger partial charge in [-0.2, -0.15) is 0 Å². The maximum Gasteiger partial charge on any atom is 0.177 e. The van der Waals surface area contributed by atoms with Gasteiger partial charge in [0.2, 0.25) is 0 Å². The van der Waals surface area contributed by atoms with E-state index >= 15 is 0 Å². The van der Waals surface area contributed by atoms with E-state index in [1.165, 1.54) is 0 Å². The van der Waals surface area contributed by atoms with Crippen LogP contribution in [0, 0.1) is 0 Å². The molecule has 0 radical (unpaired) electrons. The summed E-state index contributed by atoms with van der Waals surface area (Å²) >= 11 is 3.43. The maximum absolute atomic E-state index is 9.63. The van der Waals surface area contributed by atoms with Gasteiger partial charge in [0.05, 0.1) is 18.1 Å². The molecule has 0 aliphatic carbocycles. The summed E-state index contributed by atoms with van der Waals surface area (Å²) in [6.07, 6.45) is 2.80. The van der Waals surface area contributed by atoms with Gasteiger partial charge in [-0.15, -0.1) is 0 Å². The van der Waals surface area contributed by atoms with Crippen LogP contribution in [0.2, 0.25) is 0 Å². The summed E-state index contributed by atoms with van der Waals surface area (Å²) in [7, 11) is 0. The molecule has 1 aliphatic rings. The number of furan rings is 1. The highest BCUT2D eigenvalue weighted by Crippen LogP contribution is 2.30. The predicted molar refractivity (Wildman–Crippen MR) is 62.0 cm³/mol. The van der Waals surface area contributed by atoms with Crippen molar-refractivity contribution < 1.29 is 9.52 Å². The Labute approximate surface area is 101 Å². The van der Waals surface area contributed by atoms with Crippen LogP contribution >= 0.6 is 15.9 Å². The molecule has 2 aromatic rings. The Bertz CT molecular complexity index is 504. The first kappa shape index (κ1) is 10.1. The van der Waals surface area contributed by atoms with Gasteiger partial charge in [-0.25, -0.2) is 4.98 Å². The molecule has 3 heterocycles. The summed E-state index contributed by atoms with van der Waals surface area (Å²) in [5.41, 5.74) is 1.05. The van der Waals surface area contributed by atoms with Crippen LogP contribution in [0.3, 0.4) is 0 Å². The lowest BCUT2D eigenvalue weighted by atomic mass is 10.1. The Hall–Kier alpha value is -1.07. The average Bonchev–Trinajstić information content (AvgIpc) is 2.87. The lowest BCUT2D eigenvalue weighted by molar-refractivity contribution is 0.143. The molecule has 1 N–H and O–H groups in total. The first-order valence-corrected chi connectivity index (χ1v) is 6.02. The lowest BCUT2D eigenvalue weighted by Crippen LogP contribution is -2.23. The molecule has 2 aromatic heterocycles. The fraction of sp³-hybridized carbons (Fsp3) is 0.364. The van der Waals surface area contributed by atoms with Gasteiger partial charge in [0.25, 0.3) is 0 Å². The van der Waals surface area contributed by atoms with E-state index in [0.29, 0.717) is 6.42 Å². The minimum Gasteiger partial charge on any atom is -0.461 e. The predicted octanol–water partition coefficient (Wildman–Crippen LogP) is 2.21. The number of aromatic nitrogens is 2. The Balaban J connectivity index is 2.12. The molecule has 0 aromatic carbocycles. The van der Waals surface area contributed by atoms with E-state index in [-0.39, 0.29) is 6.10 Å². The second-order valence-corrected chi connectivity index (χ2v) is 4.70. The molecule has 0 spiro atoms. The molecule has 0 amide bonds. The molecule has 0 fully saturated rings. The van der Waals surface area contributed by atoms with Crippen molar-refractivity contribution in [3.05, 3.63) is 28.7 Å². The normalized spacial score (nSPS) is 19.8. The molecule has 3 rings (SSSR count). The fourth-order valence-electron chi connectivity index (χ4n) is 2.09. The molecule has 1 atom stereocenters. The van der Waals surface area contributed by atoms with E-state index in [1.54, 1.807) is 6.26 Å². The molecule has 0 saturated heterocycles. The summed E-state index contributed by atoms with van der Waals surface area (Å²) in [5.74, 6) is 1.60. The topological polar surface area (TPSA) is 51.2 Å². The van der Waals surface area contributed by atoms with Crippen LogP contribution in [0.25, 0.3) is 11.6 Å². The number of aliphatic hydroxyl groups is 1. The zero-order valence-corrected chi connectivity index (χ0v) is 10.1. The number of hydrogen-bond donors (Lipinski definition) is 1. The van der Waals surface area contributed by atoms with Crippen molar-refractivity contribution in [2.24, 2.45) is 0 Å². The molecule has 84 valence electrons. The number of halogens is 1. The standard InChI is InChI=1S/C11H11BrN2O2/c12-10-8-6-7(15)3-4-14(8)11(13-10)9-2-1-5-16-9/h1-2,5,7,15H,3-4,6H2. The molecule has 1 aliphatic heterocycles. The Morgan fingerprint density at radius 2 is 2.44 bits per heavy atom. The minimum absolute atomic E-state index is 0.259. The number of rotatable bonds is 1.